The summed E-state index contributed by atoms with van der Waals surface area (Å²) in [6, 6.07) is 5.51. The van der Waals surface area contributed by atoms with E-state index in [-0.39, 0.29) is 12.5 Å². The molecule has 0 atom stereocenters. The fourth-order valence-electron chi connectivity index (χ4n) is 1.62. The Labute approximate surface area is 100 Å². The largest absolute Gasteiger partial charge is 0.368 e. The average Bonchev–Trinajstić information content (AvgIpc) is 2.25. The van der Waals surface area contributed by atoms with Gasteiger partial charge in [0.25, 0.3) is 0 Å². The van der Waals surface area contributed by atoms with E-state index < -0.39 is 0 Å². The summed E-state index contributed by atoms with van der Waals surface area (Å²) < 4.78 is 0. The van der Waals surface area contributed by atoms with E-state index in [1.165, 1.54) is 0 Å². The molecule has 5 heteroatoms. The topological polar surface area (TPSA) is 72.3 Å². The third-order valence-corrected chi connectivity index (χ3v) is 2.64. The molecule has 0 unspecified atom stereocenters. The van der Waals surface area contributed by atoms with Crippen LogP contribution in [0, 0.1) is 0 Å². The molecule has 0 bridgehead atoms. The molecule has 1 rings (SSSR count). The monoisotopic (exact) mass is 241 g/mol. The predicted molar refractivity (Wildman–Crippen MR) is 66.4 cm³/mol. The van der Waals surface area contributed by atoms with Crippen molar-refractivity contribution in [3.8, 4) is 0 Å². The third-order valence-electron chi connectivity index (χ3n) is 2.33. The Bertz CT molecular complexity index is 381. The van der Waals surface area contributed by atoms with Gasteiger partial charge in [0, 0.05) is 13.1 Å². The molecular weight excluding hydrogens is 226 g/mol. The molecule has 0 fully saturated rings. The summed E-state index contributed by atoms with van der Waals surface area (Å²) in [4.78, 5) is 12.8. The van der Waals surface area contributed by atoms with Crippen molar-refractivity contribution < 1.29 is 4.79 Å². The quantitative estimate of drug-likeness (QED) is 0.811. The van der Waals surface area contributed by atoms with Crippen LogP contribution in [0.3, 0.4) is 0 Å². The van der Waals surface area contributed by atoms with Gasteiger partial charge in [0.05, 0.1) is 17.3 Å². The minimum atomic E-state index is -0.384. The number of carbonyl (C=O) groups is 1. The van der Waals surface area contributed by atoms with Gasteiger partial charge in [-0.1, -0.05) is 23.7 Å². The van der Waals surface area contributed by atoms with Crippen LogP contribution in [0.5, 0.6) is 0 Å². The molecule has 4 N–H and O–H groups in total. The van der Waals surface area contributed by atoms with Gasteiger partial charge in [0.2, 0.25) is 5.91 Å². The zero-order chi connectivity index (χ0) is 12.1. The lowest BCUT2D eigenvalue weighted by Gasteiger charge is -2.25. The first kappa shape index (κ1) is 12.8. The number of anilines is 1. The van der Waals surface area contributed by atoms with Crippen molar-refractivity contribution in [3.05, 3.63) is 28.8 Å². The van der Waals surface area contributed by atoms with Crippen LogP contribution >= 0.6 is 11.6 Å². The maximum Gasteiger partial charge on any atom is 0.236 e. The Balaban J connectivity index is 3.12. The summed E-state index contributed by atoms with van der Waals surface area (Å²) in [7, 11) is 0. The zero-order valence-electron chi connectivity index (χ0n) is 9.24. The number of halogens is 1. The van der Waals surface area contributed by atoms with Gasteiger partial charge in [0.1, 0.15) is 0 Å². The second kappa shape index (κ2) is 5.72. The Morgan fingerprint density at radius 3 is 2.69 bits per heavy atom. The van der Waals surface area contributed by atoms with Gasteiger partial charge in [-0.2, -0.15) is 0 Å². The smallest absolute Gasteiger partial charge is 0.236 e. The zero-order valence-corrected chi connectivity index (χ0v) is 10.00. The summed E-state index contributed by atoms with van der Waals surface area (Å²) >= 11 is 6.12. The van der Waals surface area contributed by atoms with Crippen LogP contribution < -0.4 is 16.4 Å². The molecule has 0 aliphatic carbocycles. The minimum absolute atomic E-state index is 0.146. The molecule has 0 spiro atoms. The van der Waals surface area contributed by atoms with Gasteiger partial charge in [-0.3, -0.25) is 4.79 Å². The maximum absolute atomic E-state index is 11.0. The molecule has 1 amide bonds. The Kier molecular flexibility index (Phi) is 4.58. The van der Waals surface area contributed by atoms with Crippen molar-refractivity contribution in [2.75, 3.05) is 18.0 Å². The predicted octanol–water partition coefficient (Wildman–Crippen LogP) is 1.11. The van der Waals surface area contributed by atoms with Crippen molar-refractivity contribution in [2.45, 2.75) is 13.5 Å². The highest BCUT2D eigenvalue weighted by molar-refractivity contribution is 6.33. The fraction of sp³-hybridized carbons (Fsp3) is 0.364. The van der Waals surface area contributed by atoms with E-state index in [1.807, 2.05) is 24.0 Å². The van der Waals surface area contributed by atoms with Gasteiger partial charge in [-0.05, 0) is 18.6 Å². The number of nitrogens with two attached hydrogens (primary N) is 2. The van der Waals surface area contributed by atoms with E-state index in [9.17, 15) is 4.79 Å². The number of amides is 1. The summed E-state index contributed by atoms with van der Waals surface area (Å²) in [5, 5.41) is 0.589. The van der Waals surface area contributed by atoms with Crippen LogP contribution in [-0.2, 0) is 11.3 Å². The molecule has 0 aromatic heterocycles. The number of hydrogen-bond donors (Lipinski definition) is 2. The second-order valence-electron chi connectivity index (χ2n) is 3.43. The first-order valence-electron chi connectivity index (χ1n) is 5.10. The summed E-state index contributed by atoms with van der Waals surface area (Å²) in [6.07, 6.45) is 0. The lowest BCUT2D eigenvalue weighted by atomic mass is 10.1. The number of benzene rings is 1. The van der Waals surface area contributed by atoms with Gasteiger partial charge in [-0.25, -0.2) is 0 Å². The first-order chi connectivity index (χ1) is 7.60. The Hall–Kier alpha value is -1.26. The number of likely N-dealkylation sites (N-methyl/N-ethyl adjacent to an activating group) is 1. The molecule has 1 aromatic carbocycles. The Morgan fingerprint density at radius 2 is 2.19 bits per heavy atom. The number of hydrogen-bond acceptors (Lipinski definition) is 3. The van der Waals surface area contributed by atoms with Gasteiger partial charge in [-0.15, -0.1) is 0 Å². The van der Waals surface area contributed by atoms with E-state index >= 15 is 0 Å². The number of para-hydroxylation sites is 1. The molecule has 4 nitrogen and oxygen atoms in total. The average molecular weight is 242 g/mol. The lowest BCUT2D eigenvalue weighted by molar-refractivity contribution is -0.116. The summed E-state index contributed by atoms with van der Waals surface area (Å²) in [5.74, 6) is -0.384. The Morgan fingerprint density at radius 1 is 1.50 bits per heavy atom. The normalized spacial score (nSPS) is 10.2. The van der Waals surface area contributed by atoms with Crippen molar-refractivity contribution in [2.24, 2.45) is 11.5 Å². The number of primary amides is 1. The third kappa shape index (κ3) is 2.87. The molecule has 1 aromatic rings. The van der Waals surface area contributed by atoms with Gasteiger partial charge >= 0.3 is 0 Å². The summed E-state index contributed by atoms with van der Waals surface area (Å²) in [6.45, 7) is 3.12. The van der Waals surface area contributed by atoms with Crippen molar-refractivity contribution in [1.82, 2.24) is 0 Å². The number of nitrogens with zero attached hydrogens (tertiary/aromatic N) is 1. The number of carbonyl (C=O) groups excluding carboxylic acids is 1. The van der Waals surface area contributed by atoms with E-state index in [0.29, 0.717) is 18.1 Å². The van der Waals surface area contributed by atoms with Gasteiger partial charge < -0.3 is 16.4 Å². The molecule has 16 heavy (non-hydrogen) atoms. The molecule has 0 aliphatic rings. The van der Waals surface area contributed by atoms with E-state index in [4.69, 9.17) is 23.1 Å². The van der Waals surface area contributed by atoms with Crippen LogP contribution in [0.2, 0.25) is 5.02 Å². The van der Waals surface area contributed by atoms with Crippen molar-refractivity contribution in [3.63, 3.8) is 0 Å². The van der Waals surface area contributed by atoms with Crippen LogP contribution in [0.15, 0.2) is 18.2 Å². The SMILES string of the molecule is CCN(CC(N)=O)c1c(Cl)cccc1CN. The van der Waals surface area contributed by atoms with Crippen molar-refractivity contribution in [1.29, 1.82) is 0 Å². The van der Waals surface area contributed by atoms with Crippen molar-refractivity contribution >= 4 is 23.2 Å². The molecular formula is C11H16ClN3O. The molecule has 88 valence electrons. The molecule has 0 aliphatic heterocycles. The van der Waals surface area contributed by atoms with Crippen LogP contribution in [0.1, 0.15) is 12.5 Å². The van der Waals surface area contributed by atoms with Gasteiger partial charge in [0.15, 0.2) is 0 Å². The molecule has 0 saturated heterocycles. The van der Waals surface area contributed by atoms with E-state index in [0.717, 1.165) is 11.3 Å². The number of rotatable bonds is 5. The standard InChI is InChI=1S/C11H16ClN3O/c1-2-15(7-10(14)16)11-8(6-13)4-3-5-9(11)12/h3-5H,2,6-7,13H2,1H3,(H2,14,16). The molecule has 0 saturated carbocycles. The summed E-state index contributed by atoms with van der Waals surface area (Å²) in [5.41, 5.74) is 12.5. The van der Waals surface area contributed by atoms with Crippen LogP contribution in [0.4, 0.5) is 5.69 Å². The highest BCUT2D eigenvalue weighted by Gasteiger charge is 2.14. The highest BCUT2D eigenvalue weighted by Crippen LogP contribution is 2.29. The lowest BCUT2D eigenvalue weighted by Crippen LogP contribution is -2.34. The van der Waals surface area contributed by atoms with E-state index in [2.05, 4.69) is 0 Å². The maximum atomic E-state index is 11.0. The van der Waals surface area contributed by atoms with E-state index in [1.54, 1.807) is 6.07 Å². The highest BCUT2D eigenvalue weighted by atomic mass is 35.5. The van der Waals surface area contributed by atoms with Crippen LogP contribution in [-0.4, -0.2) is 19.0 Å². The van der Waals surface area contributed by atoms with Crippen LogP contribution in [0.25, 0.3) is 0 Å². The molecule has 0 radical (unpaired) electrons. The fourth-order valence-corrected chi connectivity index (χ4v) is 1.93. The minimum Gasteiger partial charge on any atom is -0.368 e. The molecule has 0 heterocycles. The second-order valence-corrected chi connectivity index (χ2v) is 3.84. The first-order valence-corrected chi connectivity index (χ1v) is 5.48.